The number of fused-ring (bicyclic) bond motifs is 2. The van der Waals surface area contributed by atoms with E-state index in [9.17, 15) is 0 Å². The maximum absolute atomic E-state index is 4.57. The summed E-state index contributed by atoms with van der Waals surface area (Å²) in [7, 11) is 0. The fourth-order valence-corrected chi connectivity index (χ4v) is 6.27. The maximum atomic E-state index is 4.57. The predicted octanol–water partition coefficient (Wildman–Crippen LogP) is 6.62. The quantitative estimate of drug-likeness (QED) is 0.102. The third-order valence-electron chi connectivity index (χ3n) is 8.48. The van der Waals surface area contributed by atoms with Crippen LogP contribution in [-0.4, -0.2) is 15.5 Å². The average molecular weight is 888 g/mol. The molecule has 0 atom stereocenters. The molecular formula is C44H54Cl2HfN2Si-2. The van der Waals surface area contributed by atoms with Gasteiger partial charge >= 0.3 is 41.6 Å². The van der Waals surface area contributed by atoms with Gasteiger partial charge in [-0.15, -0.1) is 56.9 Å². The van der Waals surface area contributed by atoms with E-state index >= 15 is 0 Å². The molecule has 0 aliphatic rings. The Hall–Kier alpha value is -2.37. The van der Waals surface area contributed by atoms with E-state index in [-0.39, 0.29) is 30.3 Å². The van der Waals surface area contributed by atoms with Gasteiger partial charge in [0.05, 0.1) is 11.4 Å². The van der Waals surface area contributed by atoms with E-state index in [0.717, 1.165) is 24.2 Å². The number of hydrogen-bond acceptors (Lipinski definition) is 2. The van der Waals surface area contributed by atoms with Crippen molar-refractivity contribution in [1.29, 1.82) is 0 Å². The van der Waals surface area contributed by atoms with Crippen LogP contribution in [0.5, 0.6) is 0 Å². The van der Waals surface area contributed by atoms with Crippen LogP contribution in [0.3, 0.4) is 0 Å². The second-order valence-corrected chi connectivity index (χ2v) is 25.9. The Morgan fingerprint density at radius 3 is 1.28 bits per heavy atom. The third kappa shape index (κ3) is 13.0. The number of aromatic nitrogens is 2. The summed E-state index contributed by atoms with van der Waals surface area (Å²) < 4.78 is 0. The molecule has 2 aromatic heterocycles. The topological polar surface area (TPSA) is 25.8 Å². The summed E-state index contributed by atoms with van der Waals surface area (Å²) in [5.74, 6) is 0. The van der Waals surface area contributed by atoms with Crippen LogP contribution in [0.1, 0.15) is 88.5 Å². The number of halogens is 2. The van der Waals surface area contributed by atoms with Crippen molar-refractivity contribution < 1.29 is 47.8 Å². The van der Waals surface area contributed by atoms with Crippen molar-refractivity contribution in [2.24, 2.45) is 0 Å². The summed E-state index contributed by atoms with van der Waals surface area (Å²) in [6.07, 6.45) is 15.7. The molecule has 0 amide bonds. The van der Waals surface area contributed by atoms with Gasteiger partial charge in [-0.05, 0) is 61.1 Å². The Morgan fingerprint density at radius 1 is 0.560 bits per heavy atom. The monoisotopic (exact) mass is 888 g/mol. The van der Waals surface area contributed by atoms with Gasteiger partial charge in [-0.1, -0.05) is 102 Å². The van der Waals surface area contributed by atoms with E-state index in [1.54, 1.807) is 0 Å². The summed E-state index contributed by atoms with van der Waals surface area (Å²) in [6.45, 7) is 13.6. The van der Waals surface area contributed by atoms with Gasteiger partial charge in [0.25, 0.3) is 0 Å². The van der Waals surface area contributed by atoms with Gasteiger partial charge in [0.2, 0.25) is 0 Å². The molecule has 0 bridgehead atoms. The zero-order chi connectivity index (χ0) is 34.3. The number of rotatable bonds is 12. The van der Waals surface area contributed by atoms with Crippen LogP contribution in [0.2, 0.25) is 13.1 Å². The number of unbranched alkanes of at least 4 members (excludes halogenated alkanes) is 2. The molecule has 0 aliphatic heterocycles. The summed E-state index contributed by atoms with van der Waals surface area (Å²) in [4.78, 5) is 9.14. The van der Waals surface area contributed by atoms with E-state index < -0.39 is 0 Å². The van der Waals surface area contributed by atoms with Crippen molar-refractivity contribution in [3.8, 4) is 22.5 Å². The van der Waals surface area contributed by atoms with Crippen molar-refractivity contribution in [3.63, 3.8) is 0 Å². The van der Waals surface area contributed by atoms with Crippen molar-refractivity contribution in [2.45, 2.75) is 105 Å². The Bertz CT molecular complexity index is 1730. The zero-order valence-electron chi connectivity index (χ0n) is 31.0. The second kappa shape index (κ2) is 23.2. The van der Waals surface area contributed by atoms with Gasteiger partial charge in [-0.2, -0.15) is 12.1 Å². The standard InChI is InChI=1S/2C21H24N.C2H6Si.2ClH.Hf/c2*1-3-5-9-17-13-18-12-16(8-4-2)15-20(19(18)14-17)21-10-6-7-11-22-21;1-3-2;;;/h2*6-7,10-15H,3-5,8-9H2,1-2H3;1-2H3;2*1H;/q2*-1;;;;+2/p-2. The Labute approximate surface area is 329 Å². The number of benzene rings is 2. The van der Waals surface area contributed by atoms with Gasteiger partial charge in [0.15, 0.2) is 0 Å². The minimum atomic E-state index is 0. The van der Waals surface area contributed by atoms with Crippen LogP contribution in [-0.2, 0) is 48.7 Å². The molecule has 6 rings (SSSR count). The summed E-state index contributed by atoms with van der Waals surface area (Å²) in [5.41, 5.74) is 10.7. The Balaban J connectivity index is 0.000000303. The fourth-order valence-electron chi connectivity index (χ4n) is 6.27. The first kappa shape index (κ1) is 43.8. The van der Waals surface area contributed by atoms with Crippen molar-refractivity contribution in [2.75, 3.05) is 0 Å². The van der Waals surface area contributed by atoms with Gasteiger partial charge in [0, 0.05) is 12.4 Å². The van der Waals surface area contributed by atoms with Crippen molar-refractivity contribution in [1.82, 2.24) is 9.97 Å². The largest absolute Gasteiger partial charge is 1.00 e. The molecule has 50 heavy (non-hydrogen) atoms. The third-order valence-corrected chi connectivity index (χ3v) is 8.48. The first-order valence-electron chi connectivity index (χ1n) is 18.2. The zero-order valence-corrected chi connectivity index (χ0v) is 37.1. The molecule has 6 aromatic rings. The normalized spacial score (nSPS) is 10.4. The average Bonchev–Trinajstić information content (AvgIpc) is 3.70. The van der Waals surface area contributed by atoms with Gasteiger partial charge in [0.1, 0.15) is 0 Å². The molecule has 0 fully saturated rings. The maximum Gasteiger partial charge on any atom is -1.00 e. The smallest absolute Gasteiger partial charge is 1.00 e. The minimum absolute atomic E-state index is 0. The number of nitrogens with zero attached hydrogens (tertiary/aromatic N) is 2. The minimum Gasteiger partial charge on any atom is -1.00 e. The molecule has 2 heterocycles. The van der Waals surface area contributed by atoms with Gasteiger partial charge in [-0.25, -0.2) is 0 Å². The fraction of sp³-hybridized carbons (Fsp3) is 0.364. The van der Waals surface area contributed by atoms with Crippen LogP contribution < -0.4 is 24.8 Å². The van der Waals surface area contributed by atoms with Crippen LogP contribution in [0.15, 0.2) is 97.3 Å². The van der Waals surface area contributed by atoms with E-state index in [1.807, 2.05) is 24.5 Å². The molecule has 0 radical (unpaired) electrons. The summed E-state index contributed by atoms with van der Waals surface area (Å²) in [5, 5.41) is 5.45. The van der Waals surface area contributed by atoms with Crippen molar-refractivity contribution in [3.05, 3.63) is 120 Å². The number of hydrogen-bond donors (Lipinski definition) is 0. The van der Waals surface area contributed by atoms with Gasteiger partial charge < -0.3 is 24.8 Å². The second-order valence-electron chi connectivity index (χ2n) is 13.2. The van der Waals surface area contributed by atoms with E-state index in [2.05, 4.69) is 124 Å². The molecule has 0 N–H and O–H groups in total. The molecule has 6 heteroatoms. The molecule has 0 aliphatic carbocycles. The summed E-state index contributed by atoms with van der Waals surface area (Å²) in [6, 6.07) is 31.2. The number of aryl methyl sites for hydroxylation is 4. The first-order valence-corrected chi connectivity index (χ1v) is 26.0. The van der Waals surface area contributed by atoms with Crippen LogP contribution in [0.25, 0.3) is 44.1 Å². The molecule has 0 saturated heterocycles. The Kier molecular flexibility index (Phi) is 20.4. The van der Waals surface area contributed by atoms with Crippen LogP contribution in [0, 0.1) is 0 Å². The summed E-state index contributed by atoms with van der Waals surface area (Å²) >= 11 is 1.45. The molecular weight excluding hydrogens is 834 g/mol. The molecule has 264 valence electrons. The van der Waals surface area contributed by atoms with Gasteiger partial charge in [-0.3, -0.25) is 9.97 Å². The predicted molar refractivity (Wildman–Crippen MR) is 208 cm³/mol. The Morgan fingerprint density at radius 2 is 0.960 bits per heavy atom. The van der Waals surface area contributed by atoms with E-state index in [1.165, 1.54) is 129 Å². The molecule has 4 aromatic carbocycles. The molecule has 0 spiro atoms. The van der Waals surface area contributed by atoms with Crippen LogP contribution in [0.4, 0.5) is 0 Å². The van der Waals surface area contributed by atoms with Crippen molar-refractivity contribution >= 4 is 27.0 Å². The van der Waals surface area contributed by atoms with Crippen LogP contribution >= 0.6 is 0 Å². The first-order chi connectivity index (χ1) is 23.4. The number of pyridine rings is 2. The van der Waals surface area contributed by atoms with E-state index in [4.69, 9.17) is 0 Å². The molecule has 2 nitrogen and oxygen atoms in total. The van der Waals surface area contributed by atoms with E-state index in [0.29, 0.717) is 0 Å². The SMILES string of the molecule is CCCCc1cc2c(-c3ccccn3)cc(CCC)cc2[cH-]1.CCCCc1cc2c(-c3ccccn3)cc(CCC)cc2[cH-]1.C[Si](C)=[Hf+2].[Cl-].[Cl-]. The molecule has 0 unspecified atom stereocenters. The molecule has 0 saturated carbocycles.